The number of benzene rings is 2. The molecule has 2 aromatic carbocycles. The summed E-state index contributed by atoms with van der Waals surface area (Å²) in [5.74, 6) is 0.452. The van der Waals surface area contributed by atoms with Gasteiger partial charge in [0.05, 0.1) is 17.2 Å². The molecule has 0 bridgehead atoms. The van der Waals surface area contributed by atoms with Crippen LogP contribution in [0.15, 0.2) is 53.4 Å². The molecule has 2 aromatic rings. The first kappa shape index (κ1) is 18.5. The highest BCUT2D eigenvalue weighted by Crippen LogP contribution is 2.36. The van der Waals surface area contributed by atoms with Gasteiger partial charge in [0, 0.05) is 5.02 Å². The summed E-state index contributed by atoms with van der Waals surface area (Å²) in [5.41, 5.74) is 1.31. The minimum absolute atomic E-state index is 0.331. The van der Waals surface area contributed by atoms with E-state index in [0.29, 0.717) is 22.2 Å². The predicted octanol–water partition coefficient (Wildman–Crippen LogP) is 5.76. The Bertz CT molecular complexity index is 848. The van der Waals surface area contributed by atoms with E-state index in [9.17, 15) is 9.59 Å². The average Bonchev–Trinajstić information content (AvgIpc) is 2.90. The van der Waals surface area contributed by atoms with Gasteiger partial charge in [-0.2, -0.15) is 0 Å². The quantitative estimate of drug-likeness (QED) is 0.467. The predicted molar refractivity (Wildman–Crippen MR) is 107 cm³/mol. The number of hydrogen-bond donors (Lipinski definition) is 0. The van der Waals surface area contributed by atoms with Gasteiger partial charge in [-0.1, -0.05) is 43.1 Å². The average molecular weight is 388 g/mol. The lowest BCUT2D eigenvalue weighted by Gasteiger charge is -2.12. The van der Waals surface area contributed by atoms with Gasteiger partial charge >= 0.3 is 0 Å². The highest BCUT2D eigenvalue weighted by molar-refractivity contribution is 8.19. The summed E-state index contributed by atoms with van der Waals surface area (Å²) in [6.07, 6.45) is 3.81. The Morgan fingerprint density at radius 2 is 1.92 bits per heavy atom. The van der Waals surface area contributed by atoms with E-state index < -0.39 is 0 Å². The smallest absolute Gasteiger partial charge is 0.298 e. The van der Waals surface area contributed by atoms with Gasteiger partial charge in [-0.05, 0) is 60.2 Å². The van der Waals surface area contributed by atoms with Crippen molar-refractivity contribution in [2.45, 2.75) is 19.8 Å². The normalized spacial score (nSPS) is 15.8. The van der Waals surface area contributed by atoms with Crippen molar-refractivity contribution in [2.24, 2.45) is 0 Å². The molecule has 1 aliphatic heterocycles. The van der Waals surface area contributed by atoms with Crippen molar-refractivity contribution in [2.75, 3.05) is 11.5 Å². The third-order valence-corrected chi connectivity index (χ3v) is 4.91. The zero-order valence-corrected chi connectivity index (χ0v) is 15.8. The first-order valence-electron chi connectivity index (χ1n) is 8.35. The van der Waals surface area contributed by atoms with Gasteiger partial charge in [-0.15, -0.1) is 0 Å². The Morgan fingerprint density at radius 3 is 2.62 bits per heavy atom. The maximum atomic E-state index is 12.6. The molecule has 0 aliphatic carbocycles. The van der Waals surface area contributed by atoms with E-state index in [4.69, 9.17) is 16.3 Å². The van der Waals surface area contributed by atoms with Gasteiger partial charge in [-0.25, -0.2) is 4.90 Å². The SMILES string of the molecule is CCCCOc1ccc(/C=C2/SC(=O)N(c3cccc(Cl)c3)C2=O)cc1. The molecule has 1 saturated heterocycles. The molecule has 0 unspecified atom stereocenters. The van der Waals surface area contributed by atoms with Crippen LogP contribution in [0.4, 0.5) is 10.5 Å². The lowest BCUT2D eigenvalue weighted by atomic mass is 10.2. The van der Waals surface area contributed by atoms with E-state index >= 15 is 0 Å². The standard InChI is InChI=1S/C20H18ClNO3S/c1-2-3-11-25-17-9-7-14(8-10-17)12-18-19(23)22(20(24)26-18)16-6-4-5-15(21)13-16/h4-10,12-13H,2-3,11H2,1H3/b18-12+. The number of ether oxygens (including phenoxy) is 1. The molecule has 0 aromatic heterocycles. The Hall–Kier alpha value is -2.24. The molecule has 6 heteroatoms. The van der Waals surface area contributed by atoms with Crippen LogP contribution >= 0.6 is 23.4 Å². The molecule has 1 heterocycles. The molecule has 4 nitrogen and oxygen atoms in total. The topological polar surface area (TPSA) is 46.6 Å². The number of carbonyl (C=O) groups excluding carboxylic acids is 2. The van der Waals surface area contributed by atoms with E-state index in [-0.39, 0.29) is 11.1 Å². The molecule has 0 saturated carbocycles. The number of amides is 2. The van der Waals surface area contributed by atoms with E-state index in [2.05, 4.69) is 6.92 Å². The second-order valence-corrected chi connectivity index (χ2v) is 7.20. The van der Waals surface area contributed by atoms with Crippen LogP contribution in [0.5, 0.6) is 5.75 Å². The van der Waals surface area contributed by atoms with Gasteiger partial charge in [0.25, 0.3) is 11.1 Å². The molecule has 3 rings (SSSR count). The van der Waals surface area contributed by atoms with Gasteiger partial charge < -0.3 is 4.74 Å². The van der Waals surface area contributed by atoms with Crippen molar-refractivity contribution in [3.05, 3.63) is 64.0 Å². The number of imide groups is 1. The lowest BCUT2D eigenvalue weighted by Crippen LogP contribution is -2.27. The Kier molecular flexibility index (Phi) is 6.01. The third kappa shape index (κ3) is 4.29. The lowest BCUT2D eigenvalue weighted by molar-refractivity contribution is -0.113. The fraction of sp³-hybridized carbons (Fsp3) is 0.200. The van der Waals surface area contributed by atoms with Crippen molar-refractivity contribution >= 4 is 46.3 Å². The number of thioether (sulfide) groups is 1. The van der Waals surface area contributed by atoms with Crippen molar-refractivity contribution in [3.63, 3.8) is 0 Å². The van der Waals surface area contributed by atoms with Crippen LogP contribution in [0, 0.1) is 0 Å². The zero-order valence-electron chi connectivity index (χ0n) is 14.3. The third-order valence-electron chi connectivity index (χ3n) is 3.80. The molecular weight excluding hydrogens is 370 g/mol. The largest absolute Gasteiger partial charge is 0.494 e. The molecule has 1 aliphatic rings. The minimum Gasteiger partial charge on any atom is -0.494 e. The monoisotopic (exact) mass is 387 g/mol. The first-order valence-corrected chi connectivity index (χ1v) is 9.54. The molecule has 0 radical (unpaired) electrons. The van der Waals surface area contributed by atoms with Crippen molar-refractivity contribution < 1.29 is 14.3 Å². The number of hydrogen-bond acceptors (Lipinski definition) is 4. The highest BCUT2D eigenvalue weighted by atomic mass is 35.5. The number of rotatable bonds is 6. The molecule has 1 fully saturated rings. The van der Waals surface area contributed by atoms with Crippen LogP contribution in [0.25, 0.3) is 6.08 Å². The second-order valence-electron chi connectivity index (χ2n) is 5.77. The van der Waals surface area contributed by atoms with E-state index in [1.165, 1.54) is 0 Å². The summed E-state index contributed by atoms with van der Waals surface area (Å²) in [4.78, 5) is 26.4. The van der Waals surface area contributed by atoms with Crippen LogP contribution in [-0.4, -0.2) is 17.8 Å². The van der Waals surface area contributed by atoms with Crippen molar-refractivity contribution in [3.8, 4) is 5.75 Å². The van der Waals surface area contributed by atoms with Crippen molar-refractivity contribution in [1.29, 1.82) is 0 Å². The second kappa shape index (κ2) is 8.43. The van der Waals surface area contributed by atoms with Gasteiger partial charge in [-0.3, -0.25) is 9.59 Å². The van der Waals surface area contributed by atoms with E-state index in [0.717, 1.165) is 40.8 Å². The maximum Gasteiger partial charge on any atom is 0.298 e. The summed E-state index contributed by atoms with van der Waals surface area (Å²) in [5, 5.41) is 0.146. The van der Waals surface area contributed by atoms with E-state index in [1.807, 2.05) is 24.3 Å². The molecule has 0 N–H and O–H groups in total. The molecule has 134 valence electrons. The molecule has 2 amide bonds. The Balaban J connectivity index is 1.75. The summed E-state index contributed by atoms with van der Waals surface area (Å²) in [6, 6.07) is 14.2. The number of halogens is 1. The van der Waals surface area contributed by atoms with Crippen LogP contribution in [0.1, 0.15) is 25.3 Å². The van der Waals surface area contributed by atoms with Gasteiger partial charge in [0.15, 0.2) is 0 Å². The van der Waals surface area contributed by atoms with E-state index in [1.54, 1.807) is 30.3 Å². The summed E-state index contributed by atoms with van der Waals surface area (Å²) < 4.78 is 5.63. The number of nitrogens with zero attached hydrogens (tertiary/aromatic N) is 1. The number of unbranched alkanes of at least 4 members (excludes halogenated alkanes) is 1. The number of carbonyl (C=O) groups is 2. The Labute approximate surface area is 161 Å². The fourth-order valence-corrected chi connectivity index (χ4v) is 3.48. The molecular formula is C20H18ClNO3S. The van der Waals surface area contributed by atoms with Crippen LogP contribution in [0.3, 0.4) is 0 Å². The summed E-state index contributed by atoms with van der Waals surface area (Å²) in [7, 11) is 0. The zero-order chi connectivity index (χ0) is 18.5. The van der Waals surface area contributed by atoms with Crippen molar-refractivity contribution in [1.82, 2.24) is 0 Å². The van der Waals surface area contributed by atoms with Crippen LogP contribution < -0.4 is 9.64 Å². The van der Waals surface area contributed by atoms with Gasteiger partial charge in [0.1, 0.15) is 5.75 Å². The highest BCUT2D eigenvalue weighted by Gasteiger charge is 2.36. The maximum absolute atomic E-state index is 12.6. The first-order chi connectivity index (χ1) is 12.6. The molecule has 26 heavy (non-hydrogen) atoms. The Morgan fingerprint density at radius 1 is 1.15 bits per heavy atom. The molecule has 0 atom stereocenters. The minimum atomic E-state index is -0.342. The summed E-state index contributed by atoms with van der Waals surface area (Å²) in [6.45, 7) is 2.80. The number of anilines is 1. The van der Waals surface area contributed by atoms with Gasteiger partial charge in [0.2, 0.25) is 0 Å². The molecule has 0 spiro atoms. The summed E-state index contributed by atoms with van der Waals surface area (Å²) >= 11 is 6.89. The fourth-order valence-electron chi connectivity index (χ4n) is 2.45. The van der Waals surface area contributed by atoms with Crippen LogP contribution in [0.2, 0.25) is 5.02 Å². The van der Waals surface area contributed by atoms with Crippen LogP contribution in [-0.2, 0) is 4.79 Å².